The van der Waals surface area contributed by atoms with Crippen molar-refractivity contribution in [2.24, 2.45) is 5.10 Å². The summed E-state index contributed by atoms with van der Waals surface area (Å²) in [6.45, 7) is 4.20. The summed E-state index contributed by atoms with van der Waals surface area (Å²) < 4.78 is 6.11. The molecule has 0 radical (unpaired) electrons. The number of nitrogens with zero attached hydrogens (tertiary/aromatic N) is 2. The zero-order valence-electron chi connectivity index (χ0n) is 14.2. The molecule has 128 valence electrons. The summed E-state index contributed by atoms with van der Waals surface area (Å²) >= 11 is 5.00. The fourth-order valence-electron chi connectivity index (χ4n) is 2.47. The van der Waals surface area contributed by atoms with Gasteiger partial charge in [0.25, 0.3) is 0 Å². The molecular formula is C19H18BrN3OS. The SMILES string of the molecule is COc1ccc(/C=N\Nc2nc(-c3ccc(C)cc3C)cs2)cc1Br. The van der Waals surface area contributed by atoms with Crippen molar-refractivity contribution in [1.82, 2.24) is 4.98 Å². The highest BCUT2D eigenvalue weighted by Crippen LogP contribution is 2.28. The van der Waals surface area contributed by atoms with Gasteiger partial charge in [0, 0.05) is 10.9 Å². The maximum Gasteiger partial charge on any atom is 0.203 e. The van der Waals surface area contributed by atoms with Crippen LogP contribution in [0.4, 0.5) is 5.13 Å². The maximum absolute atomic E-state index is 5.22. The quantitative estimate of drug-likeness (QED) is 0.432. The monoisotopic (exact) mass is 415 g/mol. The minimum atomic E-state index is 0.763. The lowest BCUT2D eigenvalue weighted by Gasteiger charge is -2.03. The fraction of sp³-hybridized carbons (Fsp3) is 0.158. The van der Waals surface area contributed by atoms with E-state index in [9.17, 15) is 0 Å². The molecule has 2 aromatic carbocycles. The van der Waals surface area contributed by atoms with Gasteiger partial charge in [-0.15, -0.1) is 11.3 Å². The van der Waals surface area contributed by atoms with Crippen molar-refractivity contribution in [1.29, 1.82) is 0 Å². The van der Waals surface area contributed by atoms with E-state index in [2.05, 4.69) is 63.5 Å². The van der Waals surface area contributed by atoms with Gasteiger partial charge in [-0.2, -0.15) is 5.10 Å². The number of aromatic nitrogens is 1. The number of rotatable bonds is 5. The minimum absolute atomic E-state index is 0.763. The third kappa shape index (κ3) is 4.27. The van der Waals surface area contributed by atoms with E-state index >= 15 is 0 Å². The van der Waals surface area contributed by atoms with Gasteiger partial charge >= 0.3 is 0 Å². The molecule has 0 bridgehead atoms. The third-order valence-electron chi connectivity index (χ3n) is 3.71. The van der Waals surface area contributed by atoms with Gasteiger partial charge in [-0.3, -0.25) is 5.43 Å². The molecule has 0 fully saturated rings. The van der Waals surface area contributed by atoms with E-state index in [4.69, 9.17) is 4.74 Å². The van der Waals surface area contributed by atoms with Crippen molar-refractivity contribution >= 4 is 38.6 Å². The van der Waals surface area contributed by atoms with E-state index in [1.807, 2.05) is 23.6 Å². The van der Waals surface area contributed by atoms with Crippen LogP contribution < -0.4 is 10.2 Å². The predicted octanol–water partition coefficient (Wildman–Crippen LogP) is 5.64. The number of ether oxygens (including phenoxy) is 1. The summed E-state index contributed by atoms with van der Waals surface area (Å²) in [4.78, 5) is 4.61. The van der Waals surface area contributed by atoms with E-state index in [0.29, 0.717) is 0 Å². The van der Waals surface area contributed by atoms with E-state index < -0.39 is 0 Å². The number of aryl methyl sites for hydroxylation is 2. The summed E-state index contributed by atoms with van der Waals surface area (Å²) in [6, 6.07) is 12.2. The Morgan fingerprint density at radius 2 is 2.04 bits per heavy atom. The predicted molar refractivity (Wildman–Crippen MR) is 109 cm³/mol. The van der Waals surface area contributed by atoms with Crippen molar-refractivity contribution in [3.05, 3.63) is 62.9 Å². The van der Waals surface area contributed by atoms with Crippen LogP contribution in [0.1, 0.15) is 16.7 Å². The molecule has 25 heavy (non-hydrogen) atoms. The molecule has 3 aromatic rings. The molecule has 0 aliphatic carbocycles. The second kappa shape index (κ2) is 7.80. The Kier molecular flexibility index (Phi) is 5.50. The van der Waals surface area contributed by atoms with Gasteiger partial charge < -0.3 is 4.74 Å². The molecule has 0 amide bonds. The fourth-order valence-corrected chi connectivity index (χ4v) is 3.69. The first-order chi connectivity index (χ1) is 12.1. The Hall–Kier alpha value is -2.18. The smallest absolute Gasteiger partial charge is 0.203 e. The number of anilines is 1. The molecule has 1 aromatic heterocycles. The summed E-state index contributed by atoms with van der Waals surface area (Å²) in [5, 5.41) is 7.07. The second-order valence-electron chi connectivity index (χ2n) is 5.62. The molecule has 0 atom stereocenters. The Morgan fingerprint density at radius 1 is 1.20 bits per heavy atom. The Labute approximate surface area is 159 Å². The average Bonchev–Trinajstić information content (AvgIpc) is 3.03. The largest absolute Gasteiger partial charge is 0.496 e. The number of halogens is 1. The first-order valence-corrected chi connectivity index (χ1v) is 9.40. The van der Waals surface area contributed by atoms with E-state index in [-0.39, 0.29) is 0 Å². The van der Waals surface area contributed by atoms with Gasteiger partial charge in [0.2, 0.25) is 5.13 Å². The average molecular weight is 416 g/mol. The number of hydrogen-bond donors (Lipinski definition) is 1. The molecule has 0 unspecified atom stereocenters. The van der Waals surface area contributed by atoms with Crippen LogP contribution in [0.5, 0.6) is 5.75 Å². The second-order valence-corrected chi connectivity index (χ2v) is 7.33. The maximum atomic E-state index is 5.22. The molecule has 0 aliphatic heterocycles. The van der Waals surface area contributed by atoms with Crippen LogP contribution in [-0.2, 0) is 0 Å². The van der Waals surface area contributed by atoms with Crippen molar-refractivity contribution in [2.45, 2.75) is 13.8 Å². The molecule has 0 aliphatic rings. The Morgan fingerprint density at radius 3 is 2.76 bits per heavy atom. The summed E-state index contributed by atoms with van der Waals surface area (Å²) in [7, 11) is 1.64. The lowest BCUT2D eigenvalue weighted by Crippen LogP contribution is -1.92. The minimum Gasteiger partial charge on any atom is -0.496 e. The van der Waals surface area contributed by atoms with Gasteiger partial charge in [0.05, 0.1) is 23.5 Å². The van der Waals surface area contributed by atoms with Crippen LogP contribution >= 0.6 is 27.3 Å². The van der Waals surface area contributed by atoms with Crippen LogP contribution in [0.25, 0.3) is 11.3 Å². The number of hydrogen-bond acceptors (Lipinski definition) is 5. The molecule has 1 N–H and O–H groups in total. The molecule has 0 spiro atoms. The van der Waals surface area contributed by atoms with Crippen LogP contribution in [-0.4, -0.2) is 18.3 Å². The van der Waals surface area contributed by atoms with Gasteiger partial charge in [-0.1, -0.05) is 23.8 Å². The lowest BCUT2D eigenvalue weighted by atomic mass is 10.0. The first kappa shape index (κ1) is 17.6. The van der Waals surface area contributed by atoms with Crippen LogP contribution in [0.15, 0.2) is 51.4 Å². The van der Waals surface area contributed by atoms with Gasteiger partial charge in [-0.25, -0.2) is 4.98 Å². The Bertz CT molecular complexity index is 921. The van der Waals surface area contributed by atoms with Gasteiger partial charge in [0.1, 0.15) is 5.75 Å². The zero-order valence-corrected chi connectivity index (χ0v) is 16.6. The zero-order chi connectivity index (χ0) is 17.8. The molecule has 0 saturated carbocycles. The molecule has 4 nitrogen and oxygen atoms in total. The van der Waals surface area contributed by atoms with E-state index in [1.54, 1.807) is 13.3 Å². The van der Waals surface area contributed by atoms with Crippen molar-refractivity contribution < 1.29 is 4.74 Å². The van der Waals surface area contributed by atoms with E-state index in [1.165, 1.54) is 22.5 Å². The van der Waals surface area contributed by atoms with Gasteiger partial charge in [0.15, 0.2) is 0 Å². The summed E-state index contributed by atoms with van der Waals surface area (Å²) in [5.41, 5.74) is 8.55. The molecule has 0 saturated heterocycles. The van der Waals surface area contributed by atoms with Crippen LogP contribution in [0, 0.1) is 13.8 Å². The van der Waals surface area contributed by atoms with Crippen LogP contribution in [0.2, 0.25) is 0 Å². The molecule has 3 rings (SSSR count). The van der Waals surface area contributed by atoms with Crippen molar-refractivity contribution in [3.63, 3.8) is 0 Å². The van der Waals surface area contributed by atoms with E-state index in [0.717, 1.165) is 32.2 Å². The lowest BCUT2D eigenvalue weighted by molar-refractivity contribution is 0.412. The standard InChI is InChI=1S/C19H18BrN3OS/c1-12-4-6-15(13(2)8-12)17-11-25-19(22-17)23-21-10-14-5-7-18(24-3)16(20)9-14/h4-11H,1-3H3,(H,22,23)/b21-10-. The highest BCUT2D eigenvalue weighted by molar-refractivity contribution is 9.10. The normalized spacial score (nSPS) is 11.0. The number of nitrogens with one attached hydrogen (secondary N) is 1. The number of benzene rings is 2. The molecule has 6 heteroatoms. The van der Waals surface area contributed by atoms with Crippen LogP contribution in [0.3, 0.4) is 0 Å². The molecular weight excluding hydrogens is 398 g/mol. The highest BCUT2D eigenvalue weighted by atomic mass is 79.9. The summed E-state index contributed by atoms with van der Waals surface area (Å²) in [6.07, 6.45) is 1.75. The van der Waals surface area contributed by atoms with Crippen molar-refractivity contribution in [2.75, 3.05) is 12.5 Å². The number of thiazole rings is 1. The topological polar surface area (TPSA) is 46.5 Å². The number of methoxy groups -OCH3 is 1. The Balaban J connectivity index is 1.70. The van der Waals surface area contributed by atoms with Gasteiger partial charge in [-0.05, 0) is 59.1 Å². The summed E-state index contributed by atoms with van der Waals surface area (Å²) in [5.74, 6) is 0.795. The third-order valence-corrected chi connectivity index (χ3v) is 5.08. The highest BCUT2D eigenvalue weighted by Gasteiger charge is 2.07. The number of hydrazone groups is 1. The first-order valence-electron chi connectivity index (χ1n) is 7.72. The van der Waals surface area contributed by atoms with Crippen molar-refractivity contribution in [3.8, 4) is 17.0 Å². The molecule has 1 heterocycles.